The van der Waals surface area contributed by atoms with Gasteiger partial charge < -0.3 is 9.84 Å². The van der Waals surface area contributed by atoms with Gasteiger partial charge in [0.15, 0.2) is 0 Å². The lowest BCUT2D eigenvalue weighted by molar-refractivity contribution is 0.139. The fourth-order valence-corrected chi connectivity index (χ4v) is 2.32. The van der Waals surface area contributed by atoms with Crippen LogP contribution in [0.25, 0.3) is 0 Å². The summed E-state index contributed by atoms with van der Waals surface area (Å²) in [6.07, 6.45) is 0.565. The molecule has 0 aliphatic heterocycles. The van der Waals surface area contributed by atoms with Gasteiger partial charge in [-0.1, -0.05) is 29.8 Å². The van der Waals surface area contributed by atoms with Crippen molar-refractivity contribution in [3.05, 3.63) is 46.7 Å². The van der Waals surface area contributed by atoms with Crippen LogP contribution in [0.15, 0.2) is 30.3 Å². The van der Waals surface area contributed by atoms with Gasteiger partial charge in [-0.15, -0.1) is 0 Å². The molecule has 1 aromatic carbocycles. The number of rotatable bonds is 6. The molecule has 0 amide bonds. The fourth-order valence-electron chi connectivity index (χ4n) is 2.07. The quantitative estimate of drug-likeness (QED) is 0.891. The summed E-state index contributed by atoms with van der Waals surface area (Å²) in [5, 5.41) is 14.9. The average Bonchev–Trinajstić information content (AvgIpc) is 2.67. The van der Waals surface area contributed by atoms with Gasteiger partial charge in [-0.25, -0.2) is 0 Å². The first kappa shape index (κ1) is 14.9. The van der Waals surface area contributed by atoms with Crippen LogP contribution >= 0.6 is 11.6 Å². The third-order valence-electron chi connectivity index (χ3n) is 3.17. The summed E-state index contributed by atoms with van der Waals surface area (Å²) in [4.78, 5) is 0. The summed E-state index contributed by atoms with van der Waals surface area (Å²) in [6.45, 7) is 2.37. The van der Waals surface area contributed by atoms with Crippen LogP contribution in [0, 0.1) is 6.92 Å². The van der Waals surface area contributed by atoms with Gasteiger partial charge in [0.1, 0.15) is 10.9 Å². The van der Waals surface area contributed by atoms with Gasteiger partial charge in [0.25, 0.3) is 0 Å². The van der Waals surface area contributed by atoms with Crippen molar-refractivity contribution in [3.8, 4) is 5.75 Å². The maximum Gasteiger partial charge on any atom is 0.130 e. The largest absolute Gasteiger partial charge is 0.493 e. The summed E-state index contributed by atoms with van der Waals surface area (Å²) in [5.74, 6) is 0.815. The Bertz CT molecular complexity index is 555. The van der Waals surface area contributed by atoms with Crippen molar-refractivity contribution in [2.24, 2.45) is 7.05 Å². The SMILES string of the molecule is Cc1nn(C)c(Cl)c1CC(O)CCOc1ccccc1. The van der Waals surface area contributed by atoms with Gasteiger partial charge in [0.2, 0.25) is 0 Å². The number of hydrogen-bond acceptors (Lipinski definition) is 3. The standard InChI is InChI=1S/C15H19ClN2O2/c1-11-14(15(16)18(2)17-11)10-12(19)8-9-20-13-6-4-3-5-7-13/h3-7,12,19H,8-10H2,1-2H3. The number of nitrogens with zero attached hydrogens (tertiary/aromatic N) is 2. The molecule has 0 radical (unpaired) electrons. The molecule has 1 atom stereocenters. The predicted molar refractivity (Wildman–Crippen MR) is 79.2 cm³/mol. The second kappa shape index (κ2) is 6.77. The number of para-hydroxylation sites is 1. The van der Waals surface area contributed by atoms with Crippen LogP contribution in [0.1, 0.15) is 17.7 Å². The van der Waals surface area contributed by atoms with Crippen molar-refractivity contribution in [2.45, 2.75) is 25.9 Å². The number of ether oxygens (including phenoxy) is 1. The van der Waals surface area contributed by atoms with Crippen LogP contribution in [0.3, 0.4) is 0 Å². The minimum absolute atomic E-state index is 0.474. The van der Waals surface area contributed by atoms with E-state index >= 15 is 0 Å². The summed E-state index contributed by atoms with van der Waals surface area (Å²) < 4.78 is 7.19. The molecular weight excluding hydrogens is 276 g/mol. The van der Waals surface area contributed by atoms with E-state index < -0.39 is 6.10 Å². The first-order valence-corrected chi connectivity index (χ1v) is 6.99. The zero-order valence-electron chi connectivity index (χ0n) is 11.7. The molecule has 0 aliphatic carbocycles. The lowest BCUT2D eigenvalue weighted by Crippen LogP contribution is -2.15. The van der Waals surface area contributed by atoms with E-state index in [4.69, 9.17) is 16.3 Å². The number of aliphatic hydroxyl groups excluding tert-OH is 1. The zero-order chi connectivity index (χ0) is 14.5. The van der Waals surface area contributed by atoms with E-state index in [0.29, 0.717) is 24.6 Å². The minimum atomic E-state index is -0.487. The van der Waals surface area contributed by atoms with Gasteiger partial charge >= 0.3 is 0 Å². The van der Waals surface area contributed by atoms with Crippen molar-refractivity contribution in [1.29, 1.82) is 0 Å². The van der Waals surface area contributed by atoms with Crippen LogP contribution in [0.5, 0.6) is 5.75 Å². The summed E-state index contributed by atoms with van der Waals surface area (Å²) in [7, 11) is 1.80. The van der Waals surface area contributed by atoms with E-state index in [2.05, 4.69) is 5.10 Å². The van der Waals surface area contributed by atoms with Crippen LogP contribution in [-0.4, -0.2) is 27.6 Å². The molecule has 0 bridgehead atoms. The molecule has 1 aromatic heterocycles. The number of aryl methyl sites for hydroxylation is 2. The molecular formula is C15H19ClN2O2. The first-order valence-electron chi connectivity index (χ1n) is 6.62. The van der Waals surface area contributed by atoms with Gasteiger partial charge in [-0.05, 0) is 19.1 Å². The fraction of sp³-hybridized carbons (Fsp3) is 0.400. The molecule has 2 aromatic rings. The van der Waals surface area contributed by atoms with Gasteiger partial charge in [-0.2, -0.15) is 5.10 Å². The Labute approximate surface area is 123 Å². The lowest BCUT2D eigenvalue weighted by atomic mass is 10.1. The van der Waals surface area contributed by atoms with E-state index in [1.807, 2.05) is 37.3 Å². The summed E-state index contributed by atoms with van der Waals surface area (Å²) in [6, 6.07) is 9.58. The highest BCUT2D eigenvalue weighted by atomic mass is 35.5. The molecule has 4 nitrogen and oxygen atoms in total. The van der Waals surface area contributed by atoms with Crippen molar-refractivity contribution < 1.29 is 9.84 Å². The highest BCUT2D eigenvalue weighted by Gasteiger charge is 2.15. The average molecular weight is 295 g/mol. The van der Waals surface area contributed by atoms with Crippen LogP contribution < -0.4 is 4.74 Å². The Morgan fingerprint density at radius 3 is 2.65 bits per heavy atom. The minimum Gasteiger partial charge on any atom is -0.493 e. The van der Waals surface area contributed by atoms with Gasteiger partial charge in [0, 0.05) is 25.5 Å². The second-order valence-electron chi connectivity index (χ2n) is 4.79. The van der Waals surface area contributed by atoms with Gasteiger partial charge in [-0.3, -0.25) is 4.68 Å². The van der Waals surface area contributed by atoms with Crippen LogP contribution in [0.4, 0.5) is 0 Å². The van der Waals surface area contributed by atoms with E-state index in [0.717, 1.165) is 17.0 Å². The number of hydrogen-bond donors (Lipinski definition) is 1. The summed E-state index contributed by atoms with van der Waals surface area (Å²) in [5.41, 5.74) is 1.77. The topological polar surface area (TPSA) is 47.3 Å². The third kappa shape index (κ3) is 3.74. The molecule has 20 heavy (non-hydrogen) atoms. The maximum atomic E-state index is 10.1. The van der Waals surface area contributed by atoms with Crippen molar-refractivity contribution in [2.75, 3.05) is 6.61 Å². The maximum absolute atomic E-state index is 10.1. The monoisotopic (exact) mass is 294 g/mol. The van der Waals surface area contributed by atoms with Crippen molar-refractivity contribution in [1.82, 2.24) is 9.78 Å². The van der Waals surface area contributed by atoms with Gasteiger partial charge in [0.05, 0.1) is 18.4 Å². The van der Waals surface area contributed by atoms with E-state index in [9.17, 15) is 5.11 Å². The van der Waals surface area contributed by atoms with Crippen molar-refractivity contribution in [3.63, 3.8) is 0 Å². The van der Waals surface area contributed by atoms with E-state index in [1.165, 1.54) is 0 Å². The Morgan fingerprint density at radius 1 is 1.35 bits per heavy atom. The smallest absolute Gasteiger partial charge is 0.130 e. The third-order valence-corrected chi connectivity index (χ3v) is 3.65. The van der Waals surface area contributed by atoms with Crippen molar-refractivity contribution >= 4 is 11.6 Å². The Morgan fingerprint density at radius 2 is 2.05 bits per heavy atom. The molecule has 0 fully saturated rings. The highest BCUT2D eigenvalue weighted by molar-refractivity contribution is 6.30. The Kier molecular flexibility index (Phi) is 5.04. The molecule has 1 N–H and O–H groups in total. The zero-order valence-corrected chi connectivity index (χ0v) is 12.5. The Balaban J connectivity index is 1.82. The predicted octanol–water partition coefficient (Wildman–Crippen LogP) is 2.75. The molecule has 2 rings (SSSR count). The van der Waals surface area contributed by atoms with E-state index in [-0.39, 0.29) is 0 Å². The van der Waals surface area contributed by atoms with E-state index in [1.54, 1.807) is 11.7 Å². The Hall–Kier alpha value is -1.52. The molecule has 108 valence electrons. The molecule has 1 unspecified atom stereocenters. The number of aromatic nitrogens is 2. The number of aliphatic hydroxyl groups is 1. The normalized spacial score (nSPS) is 12.4. The highest BCUT2D eigenvalue weighted by Crippen LogP contribution is 2.21. The van der Waals surface area contributed by atoms with Crippen LogP contribution in [-0.2, 0) is 13.5 Å². The molecule has 1 heterocycles. The molecule has 0 saturated heterocycles. The second-order valence-corrected chi connectivity index (χ2v) is 5.14. The number of benzene rings is 1. The molecule has 0 saturated carbocycles. The molecule has 0 aliphatic rings. The number of halogens is 1. The molecule has 5 heteroatoms. The summed E-state index contributed by atoms with van der Waals surface area (Å²) >= 11 is 6.15. The van der Waals surface area contributed by atoms with Crippen LogP contribution in [0.2, 0.25) is 5.15 Å². The lowest BCUT2D eigenvalue weighted by Gasteiger charge is -2.11. The molecule has 0 spiro atoms. The first-order chi connectivity index (χ1) is 9.58.